The SMILES string of the molecule is CC(Oc1ccc(Cl)cc1Cl)c1nnc(SCC(=O)Nc2nnc(C3CCCCC3)s2)n1C. The fourth-order valence-electron chi connectivity index (χ4n) is 3.70. The molecule has 1 aliphatic rings. The molecule has 1 unspecified atom stereocenters. The number of benzene rings is 1. The first-order valence-corrected chi connectivity index (χ1v) is 13.2. The van der Waals surface area contributed by atoms with Crippen molar-refractivity contribution >= 4 is 57.3 Å². The van der Waals surface area contributed by atoms with Gasteiger partial charge in [-0.25, -0.2) is 0 Å². The Hall–Kier alpha value is -1.88. The van der Waals surface area contributed by atoms with Crippen LogP contribution in [0.25, 0.3) is 0 Å². The third-order valence-electron chi connectivity index (χ3n) is 5.40. The number of amides is 1. The van der Waals surface area contributed by atoms with Gasteiger partial charge in [0.15, 0.2) is 17.1 Å². The fourth-order valence-corrected chi connectivity index (χ4v) is 5.80. The zero-order chi connectivity index (χ0) is 23.4. The van der Waals surface area contributed by atoms with Crippen molar-refractivity contribution in [2.75, 3.05) is 11.1 Å². The average Bonchev–Trinajstić information content (AvgIpc) is 3.41. The Bertz CT molecular complexity index is 1120. The van der Waals surface area contributed by atoms with E-state index in [0.717, 1.165) is 17.8 Å². The first-order valence-electron chi connectivity index (χ1n) is 10.7. The molecule has 0 bridgehead atoms. The molecule has 1 fully saturated rings. The van der Waals surface area contributed by atoms with Crippen LogP contribution in [0, 0.1) is 0 Å². The Morgan fingerprint density at radius 1 is 1.24 bits per heavy atom. The van der Waals surface area contributed by atoms with E-state index in [1.165, 1.54) is 42.4 Å². The van der Waals surface area contributed by atoms with Crippen molar-refractivity contribution in [3.05, 3.63) is 39.1 Å². The van der Waals surface area contributed by atoms with Crippen LogP contribution in [0.1, 0.15) is 61.9 Å². The van der Waals surface area contributed by atoms with Gasteiger partial charge in [-0.2, -0.15) is 0 Å². The number of carbonyl (C=O) groups excluding carboxylic acids is 1. The Morgan fingerprint density at radius 2 is 2.03 bits per heavy atom. The summed E-state index contributed by atoms with van der Waals surface area (Å²) >= 11 is 14.9. The number of halogens is 2. The minimum atomic E-state index is -0.399. The maximum absolute atomic E-state index is 12.4. The number of nitrogens with one attached hydrogen (secondary N) is 1. The fraction of sp³-hybridized carbons (Fsp3) is 0.476. The molecular weight excluding hydrogens is 503 g/mol. The van der Waals surface area contributed by atoms with Crippen molar-refractivity contribution in [1.82, 2.24) is 25.0 Å². The minimum absolute atomic E-state index is 0.159. The topological polar surface area (TPSA) is 94.8 Å². The Morgan fingerprint density at radius 3 is 2.79 bits per heavy atom. The summed E-state index contributed by atoms with van der Waals surface area (Å²) in [6, 6.07) is 5.05. The predicted octanol–water partition coefficient (Wildman–Crippen LogP) is 5.89. The Balaban J connectivity index is 1.31. The number of carbonyl (C=O) groups is 1. The van der Waals surface area contributed by atoms with Gasteiger partial charge < -0.3 is 9.30 Å². The predicted molar refractivity (Wildman–Crippen MR) is 132 cm³/mol. The second-order valence-electron chi connectivity index (χ2n) is 7.85. The largest absolute Gasteiger partial charge is 0.481 e. The molecule has 1 N–H and O–H groups in total. The summed E-state index contributed by atoms with van der Waals surface area (Å²) in [5, 5.41) is 22.8. The highest BCUT2D eigenvalue weighted by Gasteiger charge is 2.21. The van der Waals surface area contributed by atoms with Gasteiger partial charge in [0.25, 0.3) is 0 Å². The van der Waals surface area contributed by atoms with Gasteiger partial charge in [-0.15, -0.1) is 20.4 Å². The van der Waals surface area contributed by atoms with Crippen molar-refractivity contribution in [1.29, 1.82) is 0 Å². The molecule has 1 aromatic carbocycles. The molecule has 4 rings (SSSR count). The molecule has 0 spiro atoms. The Labute approximate surface area is 210 Å². The van der Waals surface area contributed by atoms with Crippen LogP contribution < -0.4 is 10.1 Å². The molecule has 1 atom stereocenters. The van der Waals surface area contributed by atoms with Crippen LogP contribution in [0.15, 0.2) is 23.4 Å². The van der Waals surface area contributed by atoms with Gasteiger partial charge >= 0.3 is 0 Å². The monoisotopic (exact) mass is 526 g/mol. The van der Waals surface area contributed by atoms with E-state index in [0.29, 0.717) is 37.8 Å². The summed E-state index contributed by atoms with van der Waals surface area (Å²) in [7, 11) is 1.83. The molecule has 2 aromatic heterocycles. The van der Waals surface area contributed by atoms with E-state index in [9.17, 15) is 4.79 Å². The number of anilines is 1. The number of aromatic nitrogens is 5. The Kier molecular flexibility index (Phi) is 8.11. The molecule has 1 amide bonds. The highest BCUT2D eigenvalue weighted by Crippen LogP contribution is 2.35. The van der Waals surface area contributed by atoms with Crippen LogP contribution in [-0.2, 0) is 11.8 Å². The van der Waals surface area contributed by atoms with E-state index in [-0.39, 0.29) is 11.7 Å². The average molecular weight is 528 g/mol. The molecule has 0 saturated heterocycles. The van der Waals surface area contributed by atoms with Crippen LogP contribution in [0.4, 0.5) is 5.13 Å². The number of nitrogens with zero attached hydrogens (tertiary/aromatic N) is 5. The van der Waals surface area contributed by atoms with Crippen molar-refractivity contribution in [2.45, 2.75) is 56.2 Å². The van der Waals surface area contributed by atoms with Gasteiger partial charge in [-0.1, -0.05) is 65.6 Å². The van der Waals surface area contributed by atoms with Gasteiger partial charge in [-0.05, 0) is 38.0 Å². The number of ether oxygens (including phenoxy) is 1. The van der Waals surface area contributed by atoms with Crippen molar-refractivity contribution in [3.8, 4) is 5.75 Å². The van der Waals surface area contributed by atoms with E-state index in [1.54, 1.807) is 22.8 Å². The third-order valence-corrected chi connectivity index (χ3v) is 7.96. The molecule has 0 radical (unpaired) electrons. The quantitative estimate of drug-likeness (QED) is 0.365. The van der Waals surface area contributed by atoms with E-state index < -0.39 is 6.10 Å². The van der Waals surface area contributed by atoms with Gasteiger partial charge in [-0.3, -0.25) is 10.1 Å². The summed E-state index contributed by atoms with van der Waals surface area (Å²) in [6.45, 7) is 1.86. The number of hydrogen-bond acceptors (Lipinski definition) is 8. The molecule has 1 aliphatic carbocycles. The zero-order valence-corrected chi connectivity index (χ0v) is 21.4. The van der Waals surface area contributed by atoms with Crippen molar-refractivity contribution in [2.24, 2.45) is 7.05 Å². The summed E-state index contributed by atoms with van der Waals surface area (Å²) < 4.78 is 7.73. The van der Waals surface area contributed by atoms with Gasteiger partial charge in [0, 0.05) is 18.0 Å². The lowest BCUT2D eigenvalue weighted by Gasteiger charge is -2.18. The molecule has 1 saturated carbocycles. The van der Waals surface area contributed by atoms with Crippen LogP contribution in [0.5, 0.6) is 5.75 Å². The summed E-state index contributed by atoms with van der Waals surface area (Å²) in [4.78, 5) is 12.4. The summed E-state index contributed by atoms with van der Waals surface area (Å²) in [6.07, 6.45) is 5.67. The lowest BCUT2D eigenvalue weighted by atomic mass is 9.90. The van der Waals surface area contributed by atoms with Gasteiger partial charge in [0.2, 0.25) is 11.0 Å². The molecule has 0 aliphatic heterocycles. The number of thioether (sulfide) groups is 1. The van der Waals surface area contributed by atoms with E-state index in [1.807, 2.05) is 14.0 Å². The van der Waals surface area contributed by atoms with Crippen molar-refractivity contribution in [3.63, 3.8) is 0 Å². The number of rotatable bonds is 8. The van der Waals surface area contributed by atoms with E-state index in [2.05, 4.69) is 25.7 Å². The lowest BCUT2D eigenvalue weighted by molar-refractivity contribution is -0.113. The van der Waals surface area contributed by atoms with Crippen LogP contribution in [0.2, 0.25) is 10.0 Å². The molecule has 3 aromatic rings. The van der Waals surface area contributed by atoms with Crippen LogP contribution in [0.3, 0.4) is 0 Å². The standard InChI is InChI=1S/C21H24Cl2N6O2S2/c1-12(31-16-9-8-14(22)10-15(16)23)18-25-28-21(29(18)2)32-11-17(30)24-20-27-26-19(33-20)13-6-4-3-5-7-13/h8-10,12-13H,3-7,11H2,1-2H3,(H,24,27,30). The third kappa shape index (κ3) is 6.17. The maximum atomic E-state index is 12.4. The lowest BCUT2D eigenvalue weighted by Crippen LogP contribution is -2.14. The summed E-state index contributed by atoms with van der Waals surface area (Å²) in [5.41, 5.74) is 0. The number of hydrogen-bond donors (Lipinski definition) is 1. The smallest absolute Gasteiger partial charge is 0.236 e. The van der Waals surface area contributed by atoms with E-state index in [4.69, 9.17) is 27.9 Å². The van der Waals surface area contributed by atoms with Crippen LogP contribution in [-0.4, -0.2) is 36.6 Å². The molecule has 8 nitrogen and oxygen atoms in total. The van der Waals surface area contributed by atoms with E-state index >= 15 is 0 Å². The van der Waals surface area contributed by atoms with Gasteiger partial charge in [0.1, 0.15) is 10.8 Å². The molecular formula is C21H24Cl2N6O2S2. The first-order chi connectivity index (χ1) is 15.9. The first kappa shape index (κ1) is 24.3. The molecule has 12 heteroatoms. The molecule has 33 heavy (non-hydrogen) atoms. The van der Waals surface area contributed by atoms with Crippen molar-refractivity contribution < 1.29 is 9.53 Å². The molecule has 176 valence electrons. The maximum Gasteiger partial charge on any atom is 0.236 e. The normalized spacial score (nSPS) is 15.4. The summed E-state index contributed by atoms with van der Waals surface area (Å²) in [5.74, 6) is 1.62. The van der Waals surface area contributed by atoms with Gasteiger partial charge in [0.05, 0.1) is 10.8 Å². The minimum Gasteiger partial charge on any atom is -0.481 e. The van der Waals surface area contributed by atoms with Crippen LogP contribution >= 0.6 is 46.3 Å². The second kappa shape index (κ2) is 11.0. The zero-order valence-electron chi connectivity index (χ0n) is 18.3. The molecule has 2 heterocycles. The second-order valence-corrected chi connectivity index (χ2v) is 10.6. The highest BCUT2D eigenvalue weighted by molar-refractivity contribution is 7.99. The highest BCUT2D eigenvalue weighted by atomic mass is 35.5.